The molecule has 2 aliphatic rings. The van der Waals surface area contributed by atoms with Crippen molar-refractivity contribution in [3.63, 3.8) is 0 Å². The Hall–Kier alpha value is -0.0800. The monoisotopic (exact) mass is 154 g/mol. The molecule has 2 fully saturated rings. The van der Waals surface area contributed by atoms with Gasteiger partial charge in [-0.1, -0.05) is 13.8 Å². The first-order valence-corrected chi connectivity index (χ1v) is 4.62. The first-order valence-electron chi connectivity index (χ1n) is 4.62. The molecule has 0 aliphatic heterocycles. The van der Waals surface area contributed by atoms with Gasteiger partial charge in [0.1, 0.15) is 0 Å². The van der Waals surface area contributed by atoms with Crippen molar-refractivity contribution in [2.24, 2.45) is 23.1 Å². The van der Waals surface area contributed by atoms with E-state index in [2.05, 4.69) is 19.3 Å². The molecule has 11 heavy (non-hydrogen) atoms. The lowest BCUT2D eigenvalue weighted by molar-refractivity contribution is 0.152. The number of nitrogens with two attached hydrogens (primary N) is 1. The van der Waals surface area contributed by atoms with Gasteiger partial charge in [0.25, 0.3) is 0 Å². The Morgan fingerprint density at radius 1 is 1.36 bits per heavy atom. The van der Waals surface area contributed by atoms with Crippen LogP contribution in [0.15, 0.2) is 0 Å². The quantitative estimate of drug-likeness (QED) is 0.441. The molecule has 3 atom stereocenters. The summed E-state index contributed by atoms with van der Waals surface area (Å²) in [5, 5.41) is 0. The van der Waals surface area contributed by atoms with Crippen LogP contribution in [0.4, 0.5) is 0 Å². The van der Waals surface area contributed by atoms with Gasteiger partial charge in [-0.3, -0.25) is 11.3 Å². The van der Waals surface area contributed by atoms with E-state index in [1.807, 2.05) is 0 Å². The van der Waals surface area contributed by atoms with E-state index in [1.54, 1.807) is 0 Å². The number of fused-ring (bicyclic) bond motifs is 2. The normalized spacial score (nSPS) is 46.6. The van der Waals surface area contributed by atoms with Crippen LogP contribution in [0.1, 0.15) is 33.1 Å². The summed E-state index contributed by atoms with van der Waals surface area (Å²) in [6, 6.07) is 0.571. The average Bonchev–Trinajstić information content (AvgIpc) is 2.44. The maximum atomic E-state index is 5.55. The van der Waals surface area contributed by atoms with Gasteiger partial charge in [0.2, 0.25) is 0 Å². The predicted octanol–water partition coefficient (Wildman–Crippen LogP) is 1.27. The number of hydrogen-bond donors (Lipinski definition) is 2. The van der Waals surface area contributed by atoms with Crippen LogP contribution in [0.3, 0.4) is 0 Å². The smallest absolute Gasteiger partial charge is 0.0292 e. The second-order valence-electron chi connectivity index (χ2n) is 4.74. The molecule has 0 heterocycles. The Balaban J connectivity index is 2.21. The number of hydrazine groups is 1. The Morgan fingerprint density at radius 3 is 2.45 bits per heavy atom. The molecule has 2 bridgehead atoms. The van der Waals surface area contributed by atoms with Gasteiger partial charge < -0.3 is 0 Å². The Labute approximate surface area is 68.5 Å². The molecule has 0 saturated heterocycles. The van der Waals surface area contributed by atoms with Crippen LogP contribution in [0.5, 0.6) is 0 Å². The van der Waals surface area contributed by atoms with Gasteiger partial charge in [0.15, 0.2) is 0 Å². The molecule has 0 spiro atoms. The molecule has 0 aromatic heterocycles. The zero-order valence-electron chi connectivity index (χ0n) is 7.43. The van der Waals surface area contributed by atoms with Gasteiger partial charge in [-0.2, -0.15) is 0 Å². The van der Waals surface area contributed by atoms with E-state index in [0.717, 1.165) is 11.8 Å². The summed E-state index contributed by atoms with van der Waals surface area (Å²) in [7, 11) is 0. The third kappa shape index (κ3) is 0.859. The van der Waals surface area contributed by atoms with Crippen LogP contribution in [0.25, 0.3) is 0 Å². The van der Waals surface area contributed by atoms with Crippen molar-refractivity contribution in [1.29, 1.82) is 0 Å². The molecular weight excluding hydrogens is 136 g/mol. The minimum Gasteiger partial charge on any atom is -0.271 e. The summed E-state index contributed by atoms with van der Waals surface area (Å²) in [5.74, 6) is 7.33. The van der Waals surface area contributed by atoms with E-state index in [0.29, 0.717) is 11.5 Å². The van der Waals surface area contributed by atoms with E-state index in [9.17, 15) is 0 Å². The van der Waals surface area contributed by atoms with Gasteiger partial charge in [0, 0.05) is 6.04 Å². The average molecular weight is 154 g/mol. The zero-order valence-corrected chi connectivity index (χ0v) is 7.43. The van der Waals surface area contributed by atoms with Gasteiger partial charge in [0.05, 0.1) is 0 Å². The second kappa shape index (κ2) is 2.20. The molecule has 64 valence electrons. The first-order chi connectivity index (χ1) is 5.16. The Morgan fingerprint density at radius 2 is 2.09 bits per heavy atom. The summed E-state index contributed by atoms with van der Waals surface area (Å²) >= 11 is 0. The van der Waals surface area contributed by atoms with Crippen molar-refractivity contribution in [2.75, 3.05) is 0 Å². The van der Waals surface area contributed by atoms with Gasteiger partial charge in [-0.05, 0) is 36.5 Å². The highest BCUT2D eigenvalue weighted by Crippen LogP contribution is 2.55. The van der Waals surface area contributed by atoms with Crippen LogP contribution in [0.2, 0.25) is 0 Å². The third-order valence-electron chi connectivity index (χ3n) is 3.98. The Kier molecular flexibility index (Phi) is 1.52. The van der Waals surface area contributed by atoms with Gasteiger partial charge in [-0.15, -0.1) is 0 Å². The lowest BCUT2D eigenvalue weighted by atomic mass is 9.73. The van der Waals surface area contributed by atoms with E-state index in [4.69, 9.17) is 5.84 Å². The summed E-state index contributed by atoms with van der Waals surface area (Å²) in [4.78, 5) is 0. The summed E-state index contributed by atoms with van der Waals surface area (Å²) in [6.45, 7) is 4.70. The minimum absolute atomic E-state index is 0.442. The lowest BCUT2D eigenvalue weighted by Crippen LogP contribution is -2.49. The molecule has 0 amide bonds. The Bertz CT molecular complexity index is 165. The van der Waals surface area contributed by atoms with Crippen LogP contribution < -0.4 is 11.3 Å². The fourth-order valence-corrected chi connectivity index (χ4v) is 3.21. The highest BCUT2D eigenvalue weighted by molar-refractivity contribution is 5.04. The van der Waals surface area contributed by atoms with Crippen LogP contribution in [0, 0.1) is 17.3 Å². The molecule has 2 heteroatoms. The van der Waals surface area contributed by atoms with Crippen LogP contribution >= 0.6 is 0 Å². The van der Waals surface area contributed by atoms with E-state index < -0.39 is 0 Å². The highest BCUT2D eigenvalue weighted by Gasteiger charge is 2.52. The maximum absolute atomic E-state index is 5.55. The van der Waals surface area contributed by atoms with E-state index >= 15 is 0 Å². The molecular formula is C9H18N2. The van der Waals surface area contributed by atoms with Crippen molar-refractivity contribution in [3.05, 3.63) is 0 Å². The molecule has 0 aromatic carbocycles. The molecule has 0 aromatic rings. The van der Waals surface area contributed by atoms with E-state index in [1.165, 1.54) is 19.3 Å². The largest absolute Gasteiger partial charge is 0.271 e. The van der Waals surface area contributed by atoms with Crippen LogP contribution in [-0.4, -0.2) is 6.04 Å². The van der Waals surface area contributed by atoms with Crippen molar-refractivity contribution in [3.8, 4) is 0 Å². The summed E-state index contributed by atoms with van der Waals surface area (Å²) < 4.78 is 0. The fraction of sp³-hybridized carbons (Fsp3) is 1.00. The molecule has 2 nitrogen and oxygen atoms in total. The highest BCUT2D eigenvalue weighted by atomic mass is 15.2. The summed E-state index contributed by atoms with van der Waals surface area (Å²) in [5.41, 5.74) is 3.43. The predicted molar refractivity (Wildman–Crippen MR) is 45.7 cm³/mol. The molecule has 0 radical (unpaired) electrons. The standard InChI is InChI=1S/C9H18N2/c1-9(2)7-4-3-6(5-7)8(9)11-10/h6-8,11H,3-5,10H2,1-2H3/t6-,7-,8+/m0/s1. The summed E-state index contributed by atoms with van der Waals surface area (Å²) in [6.07, 6.45) is 4.22. The number of hydrogen-bond acceptors (Lipinski definition) is 2. The molecule has 2 rings (SSSR count). The van der Waals surface area contributed by atoms with Crippen molar-refractivity contribution < 1.29 is 0 Å². The fourth-order valence-electron chi connectivity index (χ4n) is 3.21. The first kappa shape index (κ1) is 7.56. The number of nitrogens with one attached hydrogen (secondary N) is 1. The molecule has 2 aliphatic carbocycles. The maximum Gasteiger partial charge on any atom is 0.0292 e. The molecule has 2 saturated carbocycles. The van der Waals surface area contributed by atoms with Crippen molar-refractivity contribution >= 4 is 0 Å². The van der Waals surface area contributed by atoms with Crippen LogP contribution in [-0.2, 0) is 0 Å². The van der Waals surface area contributed by atoms with Gasteiger partial charge >= 0.3 is 0 Å². The topological polar surface area (TPSA) is 38.0 Å². The SMILES string of the molecule is CC1(C)[C@H]2CC[C@@H](C2)[C@H]1NN. The molecule has 3 N–H and O–H groups in total. The molecule has 0 unspecified atom stereocenters. The van der Waals surface area contributed by atoms with E-state index in [-0.39, 0.29) is 0 Å². The van der Waals surface area contributed by atoms with Gasteiger partial charge in [-0.25, -0.2) is 0 Å². The van der Waals surface area contributed by atoms with Crippen molar-refractivity contribution in [1.82, 2.24) is 5.43 Å². The second-order valence-corrected chi connectivity index (χ2v) is 4.74. The van der Waals surface area contributed by atoms with Crippen molar-refractivity contribution in [2.45, 2.75) is 39.2 Å². The third-order valence-corrected chi connectivity index (χ3v) is 3.98. The minimum atomic E-state index is 0.442. The zero-order chi connectivity index (χ0) is 8.06. The lowest BCUT2D eigenvalue weighted by Gasteiger charge is -2.37. The number of rotatable bonds is 1.